The minimum absolute atomic E-state index is 0.180. The number of methoxy groups -OCH3 is 1. The number of ether oxygens (including phenoxy) is 1. The summed E-state index contributed by atoms with van der Waals surface area (Å²) in [7, 11) is -2.00. The molecule has 0 aromatic heterocycles. The number of hydrogen-bond acceptors (Lipinski definition) is 3. The van der Waals surface area contributed by atoms with Gasteiger partial charge in [0.05, 0.1) is 12.0 Å². The molecule has 0 saturated heterocycles. The maximum Gasteiger partial charge on any atom is 0.241 e. The second kappa shape index (κ2) is 5.66. The average molecular weight is 320 g/mol. The SMILES string of the molecule is C=C(C)CNS(=O)(=O)c1ccc(OC)cc1Br. The van der Waals surface area contributed by atoms with Gasteiger partial charge < -0.3 is 4.74 Å². The molecule has 0 aliphatic carbocycles. The number of rotatable bonds is 5. The monoisotopic (exact) mass is 319 g/mol. The fourth-order valence-corrected chi connectivity index (χ4v) is 3.27. The maximum atomic E-state index is 11.9. The van der Waals surface area contributed by atoms with E-state index in [2.05, 4.69) is 27.2 Å². The molecule has 1 N–H and O–H groups in total. The molecule has 17 heavy (non-hydrogen) atoms. The van der Waals surface area contributed by atoms with E-state index < -0.39 is 10.0 Å². The van der Waals surface area contributed by atoms with E-state index in [-0.39, 0.29) is 11.4 Å². The molecule has 94 valence electrons. The Balaban J connectivity index is 3.03. The predicted molar refractivity (Wildman–Crippen MR) is 70.7 cm³/mol. The minimum Gasteiger partial charge on any atom is -0.497 e. The normalized spacial score (nSPS) is 11.2. The molecule has 0 amide bonds. The Morgan fingerprint density at radius 2 is 2.18 bits per heavy atom. The first-order chi connectivity index (χ1) is 7.86. The predicted octanol–water partition coefficient (Wildman–Crippen LogP) is 2.31. The highest BCUT2D eigenvalue weighted by Crippen LogP contribution is 2.26. The van der Waals surface area contributed by atoms with Crippen LogP contribution < -0.4 is 9.46 Å². The van der Waals surface area contributed by atoms with Crippen molar-refractivity contribution in [2.45, 2.75) is 11.8 Å². The van der Waals surface area contributed by atoms with Gasteiger partial charge in [0.15, 0.2) is 0 Å². The molecule has 1 aromatic rings. The zero-order chi connectivity index (χ0) is 13.1. The molecule has 0 spiro atoms. The van der Waals surface area contributed by atoms with E-state index in [1.54, 1.807) is 19.1 Å². The fourth-order valence-electron chi connectivity index (χ4n) is 1.12. The largest absolute Gasteiger partial charge is 0.497 e. The van der Waals surface area contributed by atoms with Crippen LogP contribution in [0.1, 0.15) is 6.92 Å². The molecule has 0 heterocycles. The second-order valence-electron chi connectivity index (χ2n) is 3.58. The van der Waals surface area contributed by atoms with Crippen LogP contribution in [0.25, 0.3) is 0 Å². The van der Waals surface area contributed by atoms with Crippen LogP contribution in [0.4, 0.5) is 0 Å². The van der Waals surface area contributed by atoms with E-state index in [0.717, 1.165) is 5.57 Å². The molecular formula is C11H14BrNO3S. The van der Waals surface area contributed by atoms with Gasteiger partial charge in [0.25, 0.3) is 0 Å². The van der Waals surface area contributed by atoms with E-state index in [4.69, 9.17) is 4.74 Å². The molecule has 0 saturated carbocycles. The van der Waals surface area contributed by atoms with Crippen LogP contribution in [0.3, 0.4) is 0 Å². The van der Waals surface area contributed by atoms with Crippen molar-refractivity contribution >= 4 is 26.0 Å². The van der Waals surface area contributed by atoms with Crippen molar-refractivity contribution in [2.24, 2.45) is 0 Å². The Morgan fingerprint density at radius 1 is 1.53 bits per heavy atom. The van der Waals surface area contributed by atoms with Gasteiger partial charge in [0.1, 0.15) is 5.75 Å². The summed E-state index contributed by atoms with van der Waals surface area (Å²) in [6, 6.07) is 4.69. The Bertz CT molecular complexity index is 526. The summed E-state index contributed by atoms with van der Waals surface area (Å²) in [5.74, 6) is 0.593. The van der Waals surface area contributed by atoms with Gasteiger partial charge in [-0.15, -0.1) is 0 Å². The van der Waals surface area contributed by atoms with Gasteiger partial charge in [-0.05, 0) is 41.1 Å². The third kappa shape index (κ3) is 3.83. The lowest BCUT2D eigenvalue weighted by atomic mass is 10.3. The van der Waals surface area contributed by atoms with Crippen molar-refractivity contribution in [1.82, 2.24) is 4.72 Å². The van der Waals surface area contributed by atoms with Gasteiger partial charge in [-0.1, -0.05) is 12.2 Å². The van der Waals surface area contributed by atoms with Crippen LogP contribution in [-0.4, -0.2) is 22.1 Å². The van der Waals surface area contributed by atoms with Gasteiger partial charge in [0.2, 0.25) is 10.0 Å². The van der Waals surface area contributed by atoms with Crippen LogP contribution in [-0.2, 0) is 10.0 Å². The summed E-state index contributed by atoms with van der Waals surface area (Å²) in [4.78, 5) is 0.180. The number of halogens is 1. The third-order valence-corrected chi connectivity index (χ3v) is 4.37. The summed E-state index contributed by atoms with van der Waals surface area (Å²) in [6.07, 6.45) is 0. The molecule has 0 fully saturated rings. The third-order valence-electron chi connectivity index (χ3n) is 1.99. The number of benzene rings is 1. The van der Waals surface area contributed by atoms with Gasteiger partial charge >= 0.3 is 0 Å². The molecule has 1 rings (SSSR count). The van der Waals surface area contributed by atoms with Crippen LogP contribution in [0.2, 0.25) is 0 Å². The highest BCUT2D eigenvalue weighted by Gasteiger charge is 2.17. The molecule has 0 aliphatic heterocycles. The molecule has 0 atom stereocenters. The van der Waals surface area contributed by atoms with Crippen molar-refractivity contribution in [3.63, 3.8) is 0 Å². The number of nitrogens with one attached hydrogen (secondary N) is 1. The van der Waals surface area contributed by atoms with E-state index >= 15 is 0 Å². The molecule has 0 bridgehead atoms. The lowest BCUT2D eigenvalue weighted by Crippen LogP contribution is -2.25. The molecular weight excluding hydrogens is 306 g/mol. The van der Waals surface area contributed by atoms with Crippen LogP contribution in [0, 0.1) is 0 Å². The summed E-state index contributed by atoms with van der Waals surface area (Å²) >= 11 is 3.21. The van der Waals surface area contributed by atoms with E-state index in [9.17, 15) is 8.42 Å². The first-order valence-corrected chi connectivity index (χ1v) is 7.12. The lowest BCUT2D eigenvalue weighted by Gasteiger charge is -2.09. The van der Waals surface area contributed by atoms with Crippen LogP contribution in [0.15, 0.2) is 39.7 Å². The van der Waals surface area contributed by atoms with E-state index in [0.29, 0.717) is 10.2 Å². The first kappa shape index (κ1) is 14.2. The lowest BCUT2D eigenvalue weighted by molar-refractivity contribution is 0.414. The highest BCUT2D eigenvalue weighted by atomic mass is 79.9. The van der Waals surface area contributed by atoms with Crippen LogP contribution in [0.5, 0.6) is 5.75 Å². The quantitative estimate of drug-likeness (QED) is 0.847. The Kier molecular flexibility index (Phi) is 4.73. The Labute approximate surface area is 110 Å². The van der Waals surface area contributed by atoms with Crippen molar-refractivity contribution in [3.05, 3.63) is 34.8 Å². The van der Waals surface area contributed by atoms with Crippen molar-refractivity contribution in [3.8, 4) is 5.75 Å². The van der Waals surface area contributed by atoms with Crippen LogP contribution >= 0.6 is 15.9 Å². The van der Waals surface area contributed by atoms with Crippen molar-refractivity contribution in [1.29, 1.82) is 0 Å². The highest BCUT2D eigenvalue weighted by molar-refractivity contribution is 9.10. The van der Waals surface area contributed by atoms with Gasteiger partial charge in [0, 0.05) is 11.0 Å². The molecule has 0 aliphatic rings. The second-order valence-corrected chi connectivity index (χ2v) is 6.17. The van der Waals surface area contributed by atoms with E-state index in [1.807, 2.05) is 0 Å². The fraction of sp³-hybridized carbons (Fsp3) is 0.273. The molecule has 1 aromatic carbocycles. The Morgan fingerprint density at radius 3 is 2.65 bits per heavy atom. The summed E-state index contributed by atoms with van der Waals surface area (Å²) < 4.78 is 31.8. The summed E-state index contributed by atoms with van der Waals surface area (Å²) in [5.41, 5.74) is 0.748. The molecule has 6 heteroatoms. The standard InChI is InChI=1S/C11H14BrNO3S/c1-8(2)7-13-17(14,15)11-5-4-9(16-3)6-10(11)12/h4-6,13H,1,7H2,2-3H3. The maximum absolute atomic E-state index is 11.9. The smallest absolute Gasteiger partial charge is 0.241 e. The minimum atomic E-state index is -3.52. The molecule has 0 radical (unpaired) electrons. The van der Waals surface area contributed by atoms with Gasteiger partial charge in [-0.25, -0.2) is 13.1 Å². The molecule has 0 unspecified atom stereocenters. The molecule has 4 nitrogen and oxygen atoms in total. The zero-order valence-corrected chi connectivity index (χ0v) is 12.1. The Hall–Kier alpha value is -0.850. The number of hydrogen-bond donors (Lipinski definition) is 1. The zero-order valence-electron chi connectivity index (χ0n) is 9.66. The van der Waals surface area contributed by atoms with Gasteiger partial charge in [-0.3, -0.25) is 0 Å². The van der Waals surface area contributed by atoms with Crippen molar-refractivity contribution < 1.29 is 13.2 Å². The van der Waals surface area contributed by atoms with Gasteiger partial charge in [-0.2, -0.15) is 0 Å². The first-order valence-electron chi connectivity index (χ1n) is 4.84. The number of sulfonamides is 1. The average Bonchev–Trinajstić information content (AvgIpc) is 2.26. The van der Waals surface area contributed by atoms with Crippen molar-refractivity contribution in [2.75, 3.05) is 13.7 Å². The van der Waals surface area contributed by atoms with E-state index in [1.165, 1.54) is 13.2 Å². The summed E-state index contributed by atoms with van der Waals surface area (Å²) in [6.45, 7) is 5.62. The topological polar surface area (TPSA) is 55.4 Å². The summed E-state index contributed by atoms with van der Waals surface area (Å²) in [5, 5.41) is 0.